The number of benzene rings is 2. The number of hydrogen-bond acceptors (Lipinski definition) is 3. The van der Waals surface area contributed by atoms with Crippen LogP contribution in [-0.2, 0) is 0 Å². The number of hydrogen-bond donors (Lipinski definition) is 3. The predicted molar refractivity (Wildman–Crippen MR) is 106 cm³/mol. The number of aliphatic hydroxyl groups excluding tert-OH is 1. The van der Waals surface area contributed by atoms with Gasteiger partial charge < -0.3 is 20.6 Å². The Kier molecular flexibility index (Phi) is 6.53. The zero-order chi connectivity index (χ0) is 19.2. The number of rotatable bonds is 5. The van der Waals surface area contributed by atoms with Crippen LogP contribution in [0.1, 0.15) is 30.9 Å². The minimum Gasteiger partial charge on any atom is -0.387 e. The third kappa shape index (κ3) is 5.34. The van der Waals surface area contributed by atoms with Crippen molar-refractivity contribution in [1.82, 2.24) is 5.32 Å². The van der Waals surface area contributed by atoms with Crippen LogP contribution in [-0.4, -0.2) is 30.8 Å². The average Bonchev–Trinajstić information content (AvgIpc) is 2.67. The topological polar surface area (TPSA) is 64.6 Å². The third-order valence-corrected chi connectivity index (χ3v) is 4.92. The Morgan fingerprint density at radius 3 is 2.52 bits per heavy atom. The highest BCUT2D eigenvalue weighted by atomic mass is 35.5. The summed E-state index contributed by atoms with van der Waals surface area (Å²) in [5.74, 6) is -0.374. The molecule has 0 aromatic heterocycles. The second kappa shape index (κ2) is 9.06. The normalized spacial score (nSPS) is 15.3. The van der Waals surface area contributed by atoms with Crippen LogP contribution in [0, 0.1) is 5.82 Å². The van der Waals surface area contributed by atoms with Crippen LogP contribution in [0.15, 0.2) is 42.5 Å². The molecule has 1 unspecified atom stereocenters. The van der Waals surface area contributed by atoms with Gasteiger partial charge in [-0.25, -0.2) is 9.18 Å². The van der Waals surface area contributed by atoms with Crippen molar-refractivity contribution < 1.29 is 14.3 Å². The lowest BCUT2D eigenvalue weighted by Gasteiger charge is -2.29. The Bertz CT molecular complexity index is 779. The summed E-state index contributed by atoms with van der Waals surface area (Å²) < 4.78 is 12.9. The lowest BCUT2D eigenvalue weighted by Crippen LogP contribution is -2.32. The Morgan fingerprint density at radius 1 is 1.15 bits per heavy atom. The number of nitrogens with one attached hydrogen (secondary N) is 2. The van der Waals surface area contributed by atoms with E-state index in [1.165, 1.54) is 30.7 Å². The zero-order valence-corrected chi connectivity index (χ0v) is 15.7. The Balaban J connectivity index is 1.53. The summed E-state index contributed by atoms with van der Waals surface area (Å²) in [5, 5.41) is 16.0. The van der Waals surface area contributed by atoms with Crippen LogP contribution >= 0.6 is 11.6 Å². The SMILES string of the molecule is O=C(NCC(O)c1ccc(F)cc1)Nc1ccc(N2CCCCC2)c(Cl)c1. The molecule has 2 aromatic carbocycles. The van der Waals surface area contributed by atoms with E-state index in [0.717, 1.165) is 31.6 Å². The van der Waals surface area contributed by atoms with Crippen LogP contribution in [0.25, 0.3) is 0 Å². The maximum absolute atomic E-state index is 12.9. The van der Waals surface area contributed by atoms with E-state index < -0.39 is 12.1 Å². The first-order valence-electron chi connectivity index (χ1n) is 9.06. The molecule has 3 rings (SSSR count). The minimum absolute atomic E-state index is 0.0110. The summed E-state index contributed by atoms with van der Waals surface area (Å²) in [7, 11) is 0. The van der Waals surface area contributed by atoms with E-state index in [2.05, 4.69) is 15.5 Å². The zero-order valence-electron chi connectivity index (χ0n) is 14.9. The smallest absolute Gasteiger partial charge is 0.319 e. The van der Waals surface area contributed by atoms with Crippen molar-refractivity contribution in [2.75, 3.05) is 29.9 Å². The first-order valence-corrected chi connectivity index (χ1v) is 9.43. The highest BCUT2D eigenvalue weighted by molar-refractivity contribution is 6.33. The molecule has 1 saturated heterocycles. The molecular weight excluding hydrogens is 369 g/mol. The molecule has 1 aliphatic rings. The Labute approximate surface area is 163 Å². The molecule has 27 heavy (non-hydrogen) atoms. The number of nitrogens with zero attached hydrogens (tertiary/aromatic N) is 1. The van der Waals surface area contributed by atoms with E-state index in [9.17, 15) is 14.3 Å². The summed E-state index contributed by atoms with van der Waals surface area (Å²) in [4.78, 5) is 14.3. The number of aliphatic hydroxyl groups is 1. The first-order chi connectivity index (χ1) is 13.0. The summed E-state index contributed by atoms with van der Waals surface area (Å²) in [6.45, 7) is 2.00. The van der Waals surface area contributed by atoms with Crippen LogP contribution in [0.3, 0.4) is 0 Å². The number of carbonyl (C=O) groups excluding carboxylic acids is 1. The van der Waals surface area contributed by atoms with Gasteiger partial charge in [0.05, 0.1) is 16.8 Å². The highest BCUT2D eigenvalue weighted by Gasteiger charge is 2.15. The molecule has 1 heterocycles. The molecule has 1 aliphatic heterocycles. The standard InChI is InChI=1S/C20H23ClFN3O2/c21-17-12-16(8-9-18(17)25-10-2-1-3-11-25)24-20(27)23-13-19(26)14-4-6-15(22)7-5-14/h4-9,12,19,26H,1-3,10-11,13H2,(H2,23,24,27). The van der Waals surface area contributed by atoms with E-state index in [1.54, 1.807) is 6.07 Å². The van der Waals surface area contributed by atoms with Gasteiger partial charge >= 0.3 is 6.03 Å². The molecule has 2 aromatic rings. The van der Waals surface area contributed by atoms with E-state index >= 15 is 0 Å². The third-order valence-electron chi connectivity index (χ3n) is 4.61. The number of urea groups is 1. The molecule has 0 aliphatic carbocycles. The molecule has 5 nitrogen and oxygen atoms in total. The fourth-order valence-electron chi connectivity index (χ4n) is 3.14. The highest BCUT2D eigenvalue weighted by Crippen LogP contribution is 2.30. The fraction of sp³-hybridized carbons (Fsp3) is 0.350. The van der Waals surface area contributed by atoms with Gasteiger partial charge in [0.2, 0.25) is 0 Å². The molecule has 0 bridgehead atoms. The molecule has 3 N–H and O–H groups in total. The van der Waals surface area contributed by atoms with Crippen molar-refractivity contribution in [1.29, 1.82) is 0 Å². The molecule has 1 atom stereocenters. The molecule has 1 fully saturated rings. The van der Waals surface area contributed by atoms with Crippen molar-refractivity contribution in [2.24, 2.45) is 0 Å². The number of carbonyl (C=O) groups is 1. The molecule has 2 amide bonds. The largest absolute Gasteiger partial charge is 0.387 e. The summed E-state index contributed by atoms with van der Waals surface area (Å²) in [6.07, 6.45) is 2.66. The van der Waals surface area contributed by atoms with Crippen LogP contribution < -0.4 is 15.5 Å². The summed E-state index contributed by atoms with van der Waals surface area (Å²) >= 11 is 6.38. The first kappa shape index (κ1) is 19.5. The van der Waals surface area contributed by atoms with Crippen molar-refractivity contribution >= 4 is 29.0 Å². The average molecular weight is 392 g/mol. The second-order valence-electron chi connectivity index (χ2n) is 6.62. The predicted octanol–water partition coefficient (Wildman–Crippen LogP) is 4.32. The molecular formula is C20H23ClFN3O2. The van der Waals surface area contributed by atoms with Gasteiger partial charge in [0, 0.05) is 25.3 Å². The van der Waals surface area contributed by atoms with E-state index in [-0.39, 0.29) is 12.4 Å². The van der Waals surface area contributed by atoms with E-state index in [0.29, 0.717) is 16.3 Å². The fourth-order valence-corrected chi connectivity index (χ4v) is 3.44. The number of anilines is 2. The van der Waals surface area contributed by atoms with Gasteiger partial charge in [0.15, 0.2) is 0 Å². The molecule has 0 radical (unpaired) electrons. The number of piperidine rings is 1. The van der Waals surface area contributed by atoms with Crippen molar-refractivity contribution in [3.05, 3.63) is 58.9 Å². The van der Waals surface area contributed by atoms with Crippen molar-refractivity contribution in [3.8, 4) is 0 Å². The van der Waals surface area contributed by atoms with Crippen LogP contribution in [0.2, 0.25) is 5.02 Å². The minimum atomic E-state index is -0.915. The maximum Gasteiger partial charge on any atom is 0.319 e. The van der Waals surface area contributed by atoms with Crippen LogP contribution in [0.4, 0.5) is 20.6 Å². The van der Waals surface area contributed by atoms with Gasteiger partial charge in [-0.15, -0.1) is 0 Å². The summed E-state index contributed by atoms with van der Waals surface area (Å²) in [5.41, 5.74) is 2.09. The number of amides is 2. The van der Waals surface area contributed by atoms with Crippen LogP contribution in [0.5, 0.6) is 0 Å². The van der Waals surface area contributed by atoms with Gasteiger partial charge in [-0.3, -0.25) is 0 Å². The summed E-state index contributed by atoms with van der Waals surface area (Å²) in [6, 6.07) is 10.5. The van der Waals surface area contributed by atoms with Crippen molar-refractivity contribution in [2.45, 2.75) is 25.4 Å². The lowest BCUT2D eigenvalue weighted by atomic mass is 10.1. The monoisotopic (exact) mass is 391 g/mol. The maximum atomic E-state index is 12.9. The molecule has 144 valence electrons. The van der Waals surface area contributed by atoms with E-state index in [4.69, 9.17) is 11.6 Å². The molecule has 0 spiro atoms. The molecule has 0 saturated carbocycles. The van der Waals surface area contributed by atoms with Gasteiger partial charge in [-0.05, 0) is 55.2 Å². The lowest BCUT2D eigenvalue weighted by molar-refractivity contribution is 0.175. The quantitative estimate of drug-likeness (QED) is 0.711. The number of halogens is 2. The van der Waals surface area contributed by atoms with E-state index in [1.807, 2.05) is 12.1 Å². The van der Waals surface area contributed by atoms with Gasteiger partial charge in [0.1, 0.15) is 5.82 Å². The van der Waals surface area contributed by atoms with Gasteiger partial charge in [-0.2, -0.15) is 0 Å². The van der Waals surface area contributed by atoms with Gasteiger partial charge in [-0.1, -0.05) is 23.7 Å². The van der Waals surface area contributed by atoms with Crippen molar-refractivity contribution in [3.63, 3.8) is 0 Å². The van der Waals surface area contributed by atoms with Gasteiger partial charge in [0.25, 0.3) is 0 Å². The molecule has 7 heteroatoms. The second-order valence-corrected chi connectivity index (χ2v) is 7.02. The Hall–Kier alpha value is -2.31. The Morgan fingerprint density at radius 2 is 1.85 bits per heavy atom.